The van der Waals surface area contributed by atoms with E-state index in [2.05, 4.69) is 12.3 Å². The molecule has 1 unspecified atom stereocenters. The molecule has 0 aliphatic rings. The molecule has 1 atom stereocenters. The highest BCUT2D eigenvalue weighted by Crippen LogP contribution is 2.19. The zero-order chi connectivity index (χ0) is 11.3. The fourth-order valence-corrected chi connectivity index (χ4v) is 2.12. The second-order valence-electron chi connectivity index (χ2n) is 3.39. The van der Waals surface area contributed by atoms with Crippen LogP contribution in [0.2, 0.25) is 0 Å². The summed E-state index contributed by atoms with van der Waals surface area (Å²) in [4.78, 5) is 0. The Morgan fingerprint density at radius 2 is 2.27 bits per heavy atom. The molecule has 0 heterocycles. The molecule has 0 spiro atoms. The zero-order valence-corrected chi connectivity index (χ0v) is 9.90. The SMILES string of the molecule is CCSCC(NN)c1ccc(F)c(C)c1. The van der Waals surface area contributed by atoms with E-state index in [4.69, 9.17) is 5.84 Å². The second kappa shape index (κ2) is 6.10. The Balaban J connectivity index is 2.78. The zero-order valence-electron chi connectivity index (χ0n) is 9.09. The predicted octanol–water partition coefficient (Wildman–Crippen LogP) is 2.39. The Morgan fingerprint density at radius 1 is 1.53 bits per heavy atom. The van der Waals surface area contributed by atoms with Crippen LogP contribution < -0.4 is 11.3 Å². The van der Waals surface area contributed by atoms with Gasteiger partial charge in [-0.3, -0.25) is 11.3 Å². The van der Waals surface area contributed by atoms with E-state index >= 15 is 0 Å². The molecule has 1 aromatic rings. The van der Waals surface area contributed by atoms with Crippen LogP contribution in [0.25, 0.3) is 0 Å². The fraction of sp³-hybridized carbons (Fsp3) is 0.455. The third kappa shape index (κ3) is 3.48. The third-order valence-corrected chi connectivity index (χ3v) is 3.25. The van der Waals surface area contributed by atoms with Crippen molar-refractivity contribution in [3.05, 3.63) is 35.1 Å². The summed E-state index contributed by atoms with van der Waals surface area (Å²) in [6, 6.07) is 5.21. The van der Waals surface area contributed by atoms with Gasteiger partial charge in [0, 0.05) is 5.75 Å². The lowest BCUT2D eigenvalue weighted by Gasteiger charge is -2.16. The second-order valence-corrected chi connectivity index (χ2v) is 4.71. The van der Waals surface area contributed by atoms with Crippen LogP contribution in [-0.4, -0.2) is 11.5 Å². The molecule has 0 radical (unpaired) electrons. The molecular weight excluding hydrogens is 211 g/mol. The minimum atomic E-state index is -0.169. The monoisotopic (exact) mass is 228 g/mol. The summed E-state index contributed by atoms with van der Waals surface area (Å²) in [7, 11) is 0. The third-order valence-electron chi connectivity index (χ3n) is 2.27. The number of nitrogens with one attached hydrogen (secondary N) is 1. The van der Waals surface area contributed by atoms with Crippen LogP contribution >= 0.6 is 11.8 Å². The van der Waals surface area contributed by atoms with E-state index in [-0.39, 0.29) is 11.9 Å². The van der Waals surface area contributed by atoms with E-state index in [1.165, 1.54) is 6.07 Å². The smallest absolute Gasteiger partial charge is 0.126 e. The molecule has 1 rings (SSSR count). The molecule has 1 aromatic carbocycles. The van der Waals surface area contributed by atoms with Crippen molar-refractivity contribution in [3.8, 4) is 0 Å². The van der Waals surface area contributed by atoms with Gasteiger partial charge in [0.05, 0.1) is 6.04 Å². The van der Waals surface area contributed by atoms with Crippen LogP contribution in [0.5, 0.6) is 0 Å². The van der Waals surface area contributed by atoms with Crippen molar-refractivity contribution in [2.75, 3.05) is 11.5 Å². The highest BCUT2D eigenvalue weighted by atomic mass is 32.2. The van der Waals surface area contributed by atoms with Gasteiger partial charge in [-0.25, -0.2) is 4.39 Å². The van der Waals surface area contributed by atoms with Crippen LogP contribution in [0.4, 0.5) is 4.39 Å². The lowest BCUT2D eigenvalue weighted by atomic mass is 10.1. The van der Waals surface area contributed by atoms with Gasteiger partial charge in [0.15, 0.2) is 0 Å². The number of benzene rings is 1. The first-order valence-corrected chi connectivity index (χ1v) is 6.14. The molecule has 2 nitrogen and oxygen atoms in total. The van der Waals surface area contributed by atoms with E-state index in [0.717, 1.165) is 17.1 Å². The topological polar surface area (TPSA) is 38.0 Å². The van der Waals surface area contributed by atoms with Crippen molar-refractivity contribution in [3.63, 3.8) is 0 Å². The Kier molecular flexibility index (Phi) is 5.08. The van der Waals surface area contributed by atoms with Gasteiger partial charge >= 0.3 is 0 Å². The molecule has 0 saturated carbocycles. The van der Waals surface area contributed by atoms with E-state index in [0.29, 0.717) is 5.56 Å². The average Bonchev–Trinajstić information content (AvgIpc) is 2.24. The molecule has 0 aliphatic carbocycles. The maximum atomic E-state index is 13.1. The Labute approximate surface area is 94.4 Å². The lowest BCUT2D eigenvalue weighted by molar-refractivity contribution is 0.596. The highest BCUT2D eigenvalue weighted by molar-refractivity contribution is 7.99. The number of hydrazine groups is 1. The van der Waals surface area contributed by atoms with Gasteiger partial charge in [0.25, 0.3) is 0 Å². The summed E-state index contributed by atoms with van der Waals surface area (Å²) in [6.45, 7) is 3.87. The molecule has 15 heavy (non-hydrogen) atoms. The van der Waals surface area contributed by atoms with Crippen LogP contribution in [0, 0.1) is 12.7 Å². The first-order valence-electron chi connectivity index (χ1n) is 4.99. The van der Waals surface area contributed by atoms with E-state index < -0.39 is 0 Å². The summed E-state index contributed by atoms with van der Waals surface area (Å²) in [5.41, 5.74) is 4.46. The highest BCUT2D eigenvalue weighted by Gasteiger charge is 2.10. The van der Waals surface area contributed by atoms with Crippen molar-refractivity contribution < 1.29 is 4.39 Å². The number of hydrogen-bond donors (Lipinski definition) is 2. The summed E-state index contributed by atoms with van der Waals surface area (Å²) in [5, 5.41) is 0. The molecule has 0 fully saturated rings. The van der Waals surface area contributed by atoms with Gasteiger partial charge in [-0.1, -0.05) is 19.1 Å². The first kappa shape index (κ1) is 12.5. The molecule has 0 aliphatic heterocycles. The molecule has 0 saturated heterocycles. The number of aryl methyl sites for hydroxylation is 1. The standard InChI is InChI=1S/C11H17FN2S/c1-3-15-7-11(14-13)9-4-5-10(12)8(2)6-9/h4-6,11,14H,3,7,13H2,1-2H3. The Morgan fingerprint density at radius 3 is 2.80 bits per heavy atom. The van der Waals surface area contributed by atoms with E-state index in [9.17, 15) is 4.39 Å². The largest absolute Gasteiger partial charge is 0.271 e. The number of halogens is 1. The van der Waals surface area contributed by atoms with E-state index in [1.54, 1.807) is 13.0 Å². The van der Waals surface area contributed by atoms with Gasteiger partial charge in [-0.2, -0.15) is 11.8 Å². The van der Waals surface area contributed by atoms with Gasteiger partial charge in [-0.15, -0.1) is 0 Å². The fourth-order valence-electron chi connectivity index (χ4n) is 1.36. The van der Waals surface area contributed by atoms with Crippen LogP contribution in [0.1, 0.15) is 24.1 Å². The molecule has 0 bridgehead atoms. The predicted molar refractivity (Wildman–Crippen MR) is 64.2 cm³/mol. The van der Waals surface area contributed by atoms with Crippen molar-refractivity contribution in [2.24, 2.45) is 5.84 Å². The van der Waals surface area contributed by atoms with Crippen molar-refractivity contribution in [2.45, 2.75) is 19.9 Å². The molecule has 84 valence electrons. The number of hydrogen-bond acceptors (Lipinski definition) is 3. The van der Waals surface area contributed by atoms with E-state index in [1.807, 2.05) is 17.8 Å². The van der Waals surface area contributed by atoms with Crippen LogP contribution in [-0.2, 0) is 0 Å². The lowest BCUT2D eigenvalue weighted by Crippen LogP contribution is -2.29. The van der Waals surface area contributed by atoms with Crippen LogP contribution in [0.15, 0.2) is 18.2 Å². The molecular formula is C11H17FN2S. The van der Waals surface area contributed by atoms with Crippen molar-refractivity contribution >= 4 is 11.8 Å². The molecule has 4 heteroatoms. The van der Waals surface area contributed by atoms with Gasteiger partial charge < -0.3 is 0 Å². The quantitative estimate of drug-likeness (QED) is 0.600. The number of thioether (sulfide) groups is 1. The Bertz CT molecular complexity index is 317. The molecule has 0 amide bonds. The van der Waals surface area contributed by atoms with Gasteiger partial charge in [0.2, 0.25) is 0 Å². The minimum absolute atomic E-state index is 0.0919. The summed E-state index contributed by atoms with van der Waals surface area (Å²) >= 11 is 1.81. The maximum Gasteiger partial charge on any atom is 0.126 e. The first-order chi connectivity index (χ1) is 7.19. The molecule has 0 aromatic heterocycles. The van der Waals surface area contributed by atoms with Crippen molar-refractivity contribution in [1.29, 1.82) is 0 Å². The summed E-state index contributed by atoms with van der Waals surface area (Å²) < 4.78 is 13.1. The average molecular weight is 228 g/mol. The number of rotatable bonds is 5. The maximum absolute atomic E-state index is 13.1. The normalized spacial score (nSPS) is 12.8. The van der Waals surface area contributed by atoms with Gasteiger partial charge in [-0.05, 0) is 29.9 Å². The minimum Gasteiger partial charge on any atom is -0.271 e. The van der Waals surface area contributed by atoms with Crippen LogP contribution in [0.3, 0.4) is 0 Å². The Hall–Kier alpha value is -0.580. The van der Waals surface area contributed by atoms with Crippen molar-refractivity contribution in [1.82, 2.24) is 5.43 Å². The number of nitrogens with two attached hydrogens (primary N) is 1. The molecule has 3 N–H and O–H groups in total. The summed E-state index contributed by atoms with van der Waals surface area (Å²) in [5.74, 6) is 7.26. The van der Waals surface area contributed by atoms with Gasteiger partial charge in [0.1, 0.15) is 5.82 Å². The summed E-state index contributed by atoms with van der Waals surface area (Å²) in [6.07, 6.45) is 0.